The van der Waals surface area contributed by atoms with E-state index in [9.17, 15) is 4.79 Å². The first-order chi connectivity index (χ1) is 11.5. The molecule has 4 heteroatoms. The molecule has 0 bridgehead atoms. The Kier molecular flexibility index (Phi) is 5.14. The van der Waals surface area contributed by atoms with E-state index in [4.69, 9.17) is 0 Å². The van der Waals surface area contributed by atoms with Gasteiger partial charge in [0.25, 0.3) is 5.91 Å². The maximum Gasteiger partial charge on any atom is 0.272 e. The molecule has 0 N–H and O–H groups in total. The van der Waals surface area contributed by atoms with Crippen LogP contribution in [0.15, 0.2) is 36.4 Å². The average molecular weight is 325 g/mol. The first-order valence-corrected chi connectivity index (χ1v) is 8.90. The van der Waals surface area contributed by atoms with E-state index in [1.165, 1.54) is 0 Å². The van der Waals surface area contributed by atoms with Gasteiger partial charge < -0.3 is 9.80 Å². The Morgan fingerprint density at radius 3 is 2.62 bits per heavy atom. The van der Waals surface area contributed by atoms with E-state index in [1.54, 1.807) is 0 Å². The van der Waals surface area contributed by atoms with Gasteiger partial charge >= 0.3 is 0 Å². The number of piperidine rings is 1. The topological polar surface area (TPSA) is 36.4 Å². The summed E-state index contributed by atoms with van der Waals surface area (Å²) in [5.74, 6) is 0.752. The van der Waals surface area contributed by atoms with Crippen molar-refractivity contribution in [1.82, 2.24) is 14.8 Å². The van der Waals surface area contributed by atoms with Crippen LogP contribution >= 0.6 is 0 Å². The second-order valence-electron chi connectivity index (χ2n) is 7.16. The third-order valence-corrected chi connectivity index (χ3v) is 5.15. The maximum absolute atomic E-state index is 12.7. The number of aromatic nitrogens is 1. The van der Waals surface area contributed by atoms with E-state index in [0.717, 1.165) is 43.4 Å². The van der Waals surface area contributed by atoms with E-state index in [0.29, 0.717) is 17.7 Å². The van der Waals surface area contributed by atoms with E-state index in [2.05, 4.69) is 30.8 Å². The van der Waals surface area contributed by atoms with Crippen molar-refractivity contribution in [2.75, 3.05) is 26.7 Å². The number of fused-ring (bicyclic) bond motifs is 1. The Hall–Kier alpha value is -1.94. The van der Waals surface area contributed by atoms with Gasteiger partial charge in [-0.05, 0) is 51.8 Å². The van der Waals surface area contributed by atoms with Crippen LogP contribution < -0.4 is 0 Å². The van der Waals surface area contributed by atoms with Gasteiger partial charge in [-0.2, -0.15) is 0 Å². The predicted molar refractivity (Wildman–Crippen MR) is 98.1 cm³/mol. The number of hydrogen-bond acceptors (Lipinski definition) is 3. The van der Waals surface area contributed by atoms with Gasteiger partial charge in [-0.25, -0.2) is 4.98 Å². The fraction of sp³-hybridized carbons (Fsp3) is 0.500. The molecule has 4 nitrogen and oxygen atoms in total. The molecule has 1 fully saturated rings. The summed E-state index contributed by atoms with van der Waals surface area (Å²) < 4.78 is 0. The van der Waals surface area contributed by atoms with Crippen LogP contribution in [-0.4, -0.2) is 53.4 Å². The third-order valence-electron chi connectivity index (χ3n) is 5.15. The zero-order chi connectivity index (χ0) is 17.1. The molecule has 0 aliphatic carbocycles. The summed E-state index contributed by atoms with van der Waals surface area (Å²) in [4.78, 5) is 21.6. The Bertz CT molecular complexity index is 705. The highest BCUT2D eigenvalue weighted by Gasteiger charge is 2.25. The molecule has 1 aliphatic rings. The highest BCUT2D eigenvalue weighted by molar-refractivity contribution is 5.94. The van der Waals surface area contributed by atoms with Crippen molar-refractivity contribution in [1.29, 1.82) is 0 Å². The fourth-order valence-corrected chi connectivity index (χ4v) is 3.28. The maximum atomic E-state index is 12.7. The smallest absolute Gasteiger partial charge is 0.272 e. The van der Waals surface area contributed by atoms with E-state index in [1.807, 2.05) is 41.3 Å². The molecule has 0 spiro atoms. The zero-order valence-corrected chi connectivity index (χ0v) is 14.9. The molecule has 1 saturated heterocycles. The summed E-state index contributed by atoms with van der Waals surface area (Å²) in [6, 6.07) is 12.3. The van der Waals surface area contributed by atoms with Crippen molar-refractivity contribution in [3.8, 4) is 0 Å². The number of carbonyl (C=O) groups excluding carboxylic acids is 1. The van der Waals surface area contributed by atoms with E-state index >= 15 is 0 Å². The third kappa shape index (κ3) is 3.75. The summed E-state index contributed by atoms with van der Waals surface area (Å²) in [6.07, 6.45) is 2.16. The van der Waals surface area contributed by atoms with Gasteiger partial charge in [0.1, 0.15) is 5.69 Å². The molecule has 0 atom stereocenters. The van der Waals surface area contributed by atoms with Crippen molar-refractivity contribution in [3.63, 3.8) is 0 Å². The number of carbonyl (C=O) groups is 1. The van der Waals surface area contributed by atoms with Gasteiger partial charge in [-0.3, -0.25) is 4.79 Å². The molecule has 24 heavy (non-hydrogen) atoms. The van der Waals surface area contributed by atoms with Gasteiger partial charge in [0.2, 0.25) is 0 Å². The zero-order valence-electron chi connectivity index (χ0n) is 14.9. The summed E-state index contributed by atoms with van der Waals surface area (Å²) in [7, 11) is 2.18. The average Bonchev–Trinajstić information content (AvgIpc) is 2.61. The van der Waals surface area contributed by atoms with Gasteiger partial charge in [0.15, 0.2) is 0 Å². The quantitative estimate of drug-likeness (QED) is 0.864. The van der Waals surface area contributed by atoms with Crippen molar-refractivity contribution in [2.45, 2.75) is 32.7 Å². The SMILES string of the molecule is CC(C)N(C)CC1CCN(C(=O)c2ccc3ccccc3n2)CC1. The van der Waals surface area contributed by atoms with Gasteiger partial charge in [-0.15, -0.1) is 0 Å². The molecule has 1 amide bonds. The number of pyridine rings is 1. The number of amides is 1. The number of nitrogens with zero attached hydrogens (tertiary/aromatic N) is 3. The largest absolute Gasteiger partial charge is 0.337 e. The van der Waals surface area contributed by atoms with Crippen LogP contribution in [0, 0.1) is 5.92 Å². The monoisotopic (exact) mass is 325 g/mol. The molecule has 0 saturated carbocycles. The summed E-state index contributed by atoms with van der Waals surface area (Å²) in [5.41, 5.74) is 1.45. The molecule has 0 radical (unpaired) electrons. The van der Waals surface area contributed by atoms with Crippen LogP contribution in [0.25, 0.3) is 10.9 Å². The Balaban J connectivity index is 1.62. The van der Waals surface area contributed by atoms with Crippen LogP contribution in [0.5, 0.6) is 0 Å². The van der Waals surface area contributed by atoms with Crippen LogP contribution in [0.3, 0.4) is 0 Å². The number of benzene rings is 1. The second kappa shape index (κ2) is 7.31. The molecule has 128 valence electrons. The lowest BCUT2D eigenvalue weighted by Crippen LogP contribution is -2.42. The summed E-state index contributed by atoms with van der Waals surface area (Å²) in [5, 5.41) is 1.07. The number of para-hydroxylation sites is 1. The Labute approximate surface area is 144 Å². The lowest BCUT2D eigenvalue weighted by molar-refractivity contribution is 0.0661. The minimum atomic E-state index is 0.0661. The molecule has 0 unspecified atom stereocenters. The molecule has 1 aromatic carbocycles. The summed E-state index contributed by atoms with van der Waals surface area (Å²) >= 11 is 0. The number of likely N-dealkylation sites (tertiary alicyclic amines) is 1. The lowest BCUT2D eigenvalue weighted by atomic mass is 9.95. The van der Waals surface area contributed by atoms with Crippen molar-refractivity contribution < 1.29 is 4.79 Å². The minimum absolute atomic E-state index is 0.0661. The van der Waals surface area contributed by atoms with Crippen molar-refractivity contribution in [2.24, 2.45) is 5.92 Å². The molecular formula is C20H27N3O. The number of hydrogen-bond donors (Lipinski definition) is 0. The highest BCUT2D eigenvalue weighted by Crippen LogP contribution is 2.21. The highest BCUT2D eigenvalue weighted by atomic mass is 16.2. The number of rotatable bonds is 4. The van der Waals surface area contributed by atoms with Crippen LogP contribution in [0.4, 0.5) is 0 Å². The molecule has 1 aromatic heterocycles. The van der Waals surface area contributed by atoms with Crippen LogP contribution in [0.2, 0.25) is 0 Å². The Morgan fingerprint density at radius 2 is 1.92 bits per heavy atom. The minimum Gasteiger partial charge on any atom is -0.337 e. The van der Waals surface area contributed by atoms with E-state index < -0.39 is 0 Å². The second-order valence-corrected chi connectivity index (χ2v) is 7.16. The van der Waals surface area contributed by atoms with Gasteiger partial charge in [0, 0.05) is 31.1 Å². The predicted octanol–water partition coefficient (Wildman–Crippen LogP) is 3.43. The van der Waals surface area contributed by atoms with Crippen molar-refractivity contribution in [3.05, 3.63) is 42.1 Å². The van der Waals surface area contributed by atoms with Crippen molar-refractivity contribution >= 4 is 16.8 Å². The van der Waals surface area contributed by atoms with E-state index in [-0.39, 0.29) is 5.91 Å². The standard InChI is InChI=1S/C20H27N3O/c1-15(2)22(3)14-16-10-12-23(13-11-16)20(24)19-9-8-17-6-4-5-7-18(17)21-19/h4-9,15-16H,10-14H2,1-3H3. The normalized spacial score (nSPS) is 16.3. The van der Waals surface area contributed by atoms with Crippen LogP contribution in [0.1, 0.15) is 37.2 Å². The molecule has 3 rings (SSSR count). The fourth-order valence-electron chi connectivity index (χ4n) is 3.28. The molecule has 1 aliphatic heterocycles. The first-order valence-electron chi connectivity index (χ1n) is 8.90. The lowest BCUT2D eigenvalue weighted by Gasteiger charge is -2.34. The van der Waals surface area contributed by atoms with Gasteiger partial charge in [0.05, 0.1) is 5.52 Å². The molecule has 2 aromatic rings. The molecular weight excluding hydrogens is 298 g/mol. The first kappa shape index (κ1) is 16.9. The Morgan fingerprint density at radius 1 is 1.21 bits per heavy atom. The van der Waals surface area contributed by atoms with Gasteiger partial charge in [-0.1, -0.05) is 24.3 Å². The van der Waals surface area contributed by atoms with Crippen LogP contribution in [-0.2, 0) is 0 Å². The molecule has 2 heterocycles. The summed E-state index contributed by atoms with van der Waals surface area (Å²) in [6.45, 7) is 7.25.